The second-order valence-corrected chi connectivity index (χ2v) is 17.9. The monoisotopic (exact) mass is 949 g/mol. The molecule has 4 rings (SSSR count). The first-order chi connectivity index (χ1) is 33.2. The van der Waals surface area contributed by atoms with Gasteiger partial charge in [-0.05, 0) is 34.9 Å². The summed E-state index contributed by atoms with van der Waals surface area (Å²) >= 11 is 5.51. The lowest BCUT2D eigenvalue weighted by atomic mass is 9.95. The minimum atomic E-state index is -1.18. The van der Waals surface area contributed by atoms with Crippen LogP contribution >= 0.6 is 12.2 Å². The van der Waals surface area contributed by atoms with E-state index in [0.29, 0.717) is 4.86 Å². The lowest BCUT2D eigenvalue weighted by Crippen LogP contribution is -2.61. The summed E-state index contributed by atoms with van der Waals surface area (Å²) in [6.07, 6.45) is 11.6. The maximum atomic E-state index is 13.6. The van der Waals surface area contributed by atoms with Crippen LogP contribution in [0.1, 0.15) is 147 Å². The highest BCUT2D eigenvalue weighted by molar-refractivity contribution is 7.80. The van der Waals surface area contributed by atoms with Crippen LogP contribution in [0.15, 0.2) is 91.0 Å². The molecule has 0 aromatic heterocycles. The van der Waals surface area contributed by atoms with Gasteiger partial charge in [-0.3, -0.25) is 9.59 Å². The molecular formula is C54H77NO11S. The molecule has 67 heavy (non-hydrogen) atoms. The fourth-order valence-electron chi connectivity index (χ4n) is 7.85. The van der Waals surface area contributed by atoms with Crippen LogP contribution in [0.3, 0.4) is 0 Å². The molecule has 12 nitrogen and oxygen atoms in total. The third kappa shape index (κ3) is 24.1. The number of benzene rings is 3. The molecule has 1 heterocycles. The van der Waals surface area contributed by atoms with E-state index in [0.717, 1.165) is 36.0 Å². The molecule has 1 aliphatic heterocycles. The maximum absolute atomic E-state index is 13.6. The van der Waals surface area contributed by atoms with Crippen molar-refractivity contribution in [1.29, 1.82) is 0 Å². The van der Waals surface area contributed by atoms with E-state index in [1.165, 1.54) is 77.0 Å². The Bertz CT molecular complexity index is 1810. The van der Waals surface area contributed by atoms with Crippen LogP contribution in [0, 0.1) is 0 Å². The van der Waals surface area contributed by atoms with E-state index in [-0.39, 0.29) is 71.7 Å². The van der Waals surface area contributed by atoms with E-state index >= 15 is 0 Å². The van der Waals surface area contributed by atoms with Crippen LogP contribution < -0.4 is 5.32 Å². The first-order valence-corrected chi connectivity index (χ1v) is 25.0. The van der Waals surface area contributed by atoms with Crippen molar-refractivity contribution in [3.63, 3.8) is 0 Å². The molecule has 1 saturated heterocycles. The van der Waals surface area contributed by atoms with Crippen molar-refractivity contribution in [2.75, 3.05) is 19.8 Å². The number of nitrogens with one attached hydrogen (secondary N) is 1. The van der Waals surface area contributed by atoms with Gasteiger partial charge >= 0.3 is 18.0 Å². The standard InChI is InChI=1S/C54H77NO11S/c1-3-4-5-6-7-8-9-10-11-12-13-14-15-16-26-33-48(57)60-40-46(56)41-63-53-52(62-38-44-29-22-18-23-30-44)51(61-37-43-27-20-17-21-28-43)50(47(65-53)36-42(2)67)66-49(58)34-35-55-54(59)64-39-45-31-24-19-25-32-45/h17-25,27-32,46-47,50-53,56H,3-16,26,33-41H2,1-2H3,(H,55,59)/t46?,47-,50-,51+,52-,53?/m1/s1/i2D. The fraction of sp³-hybridized carbons (Fsp3) is 0.593. The number of carbonyl (C=O) groups is 3. The van der Waals surface area contributed by atoms with Gasteiger partial charge in [0.05, 0.1) is 26.2 Å². The number of thiocarbonyl (C=S) groups is 1. The van der Waals surface area contributed by atoms with Gasteiger partial charge in [-0.1, -0.05) is 200 Å². The lowest BCUT2D eigenvalue weighted by molar-refractivity contribution is -0.319. The normalized spacial score (nSPS) is 18.7. The zero-order chi connectivity index (χ0) is 48.4. The Hall–Kier alpha value is -4.24. The summed E-state index contributed by atoms with van der Waals surface area (Å²) < 4.78 is 50.7. The lowest BCUT2D eigenvalue weighted by Gasteiger charge is -2.45. The van der Waals surface area contributed by atoms with Gasteiger partial charge in [0.25, 0.3) is 0 Å². The molecule has 0 bridgehead atoms. The summed E-state index contributed by atoms with van der Waals surface area (Å²) in [5, 5.41) is 13.6. The maximum Gasteiger partial charge on any atom is 0.407 e. The number of carbonyl (C=O) groups excluding carboxylic acids is 3. The van der Waals surface area contributed by atoms with Crippen molar-refractivity contribution in [2.45, 2.75) is 186 Å². The Balaban J connectivity index is 1.32. The molecule has 0 aliphatic carbocycles. The number of aliphatic hydroxyl groups is 1. The highest BCUT2D eigenvalue weighted by atomic mass is 32.1. The molecular weight excluding hydrogens is 871 g/mol. The highest BCUT2D eigenvalue weighted by Gasteiger charge is 2.50. The van der Waals surface area contributed by atoms with Gasteiger partial charge < -0.3 is 43.6 Å². The molecule has 0 radical (unpaired) electrons. The second-order valence-electron chi connectivity index (χ2n) is 17.4. The number of rotatable bonds is 35. The van der Waals surface area contributed by atoms with Crippen molar-refractivity contribution in [2.24, 2.45) is 0 Å². The van der Waals surface area contributed by atoms with Crippen LogP contribution in [0.5, 0.6) is 0 Å². The third-order valence-corrected chi connectivity index (χ3v) is 11.7. The molecule has 370 valence electrons. The van der Waals surface area contributed by atoms with Crippen molar-refractivity contribution in [3.8, 4) is 0 Å². The average Bonchev–Trinajstić information content (AvgIpc) is 3.36. The van der Waals surface area contributed by atoms with Gasteiger partial charge in [0.15, 0.2) is 12.4 Å². The summed E-state index contributed by atoms with van der Waals surface area (Å²) in [6.45, 7) is 1.77. The van der Waals surface area contributed by atoms with Gasteiger partial charge in [0.1, 0.15) is 37.6 Å². The minimum Gasteiger partial charge on any atom is -0.463 e. The molecule has 1 amide bonds. The van der Waals surface area contributed by atoms with Gasteiger partial charge in [-0.2, -0.15) is 0 Å². The van der Waals surface area contributed by atoms with E-state index in [1.54, 1.807) is 0 Å². The van der Waals surface area contributed by atoms with Crippen LogP contribution in [0.4, 0.5) is 4.79 Å². The Labute approximate surface area is 406 Å². The molecule has 13 heteroatoms. The molecule has 1 aliphatic rings. The summed E-state index contributed by atoms with van der Waals surface area (Å²) in [5.74, 6) is -1.03. The quantitative estimate of drug-likeness (QED) is 0.0250. The van der Waals surface area contributed by atoms with Crippen molar-refractivity contribution in [3.05, 3.63) is 108 Å². The number of hydrogen-bond acceptors (Lipinski definition) is 12. The summed E-state index contributed by atoms with van der Waals surface area (Å²) in [7, 11) is 0. The summed E-state index contributed by atoms with van der Waals surface area (Å²) in [5.41, 5.74) is 2.52. The van der Waals surface area contributed by atoms with Gasteiger partial charge in [-0.15, -0.1) is 0 Å². The third-order valence-electron chi connectivity index (χ3n) is 11.5. The van der Waals surface area contributed by atoms with Crippen molar-refractivity contribution >= 4 is 35.1 Å². The molecule has 2 N–H and O–H groups in total. The fourth-order valence-corrected chi connectivity index (χ4v) is 8.01. The van der Waals surface area contributed by atoms with E-state index in [2.05, 4.69) is 12.2 Å². The second kappa shape index (κ2) is 34.1. The first kappa shape index (κ1) is 53.7. The van der Waals surface area contributed by atoms with Gasteiger partial charge in [0.2, 0.25) is 0 Å². The Morgan fingerprint density at radius 2 is 1.13 bits per heavy atom. The predicted molar refractivity (Wildman–Crippen MR) is 263 cm³/mol. The van der Waals surface area contributed by atoms with E-state index in [4.69, 9.17) is 46.7 Å². The minimum absolute atomic E-state index is 0.0524. The van der Waals surface area contributed by atoms with Crippen LogP contribution in [-0.4, -0.2) is 84.6 Å². The largest absolute Gasteiger partial charge is 0.463 e. The van der Waals surface area contributed by atoms with Crippen molar-refractivity contribution in [1.82, 2.24) is 5.32 Å². The number of unbranched alkanes of at least 4 members (excludes halogenated alkanes) is 14. The van der Waals surface area contributed by atoms with Crippen LogP contribution in [0.2, 0.25) is 0 Å². The van der Waals surface area contributed by atoms with E-state index in [1.807, 2.05) is 91.0 Å². The van der Waals surface area contributed by atoms with E-state index < -0.39 is 48.9 Å². The molecule has 2 unspecified atom stereocenters. The van der Waals surface area contributed by atoms with Crippen molar-refractivity contribution < 1.29 is 54.0 Å². The van der Waals surface area contributed by atoms with E-state index in [9.17, 15) is 19.5 Å². The Morgan fingerprint density at radius 1 is 0.627 bits per heavy atom. The van der Waals surface area contributed by atoms with Gasteiger partial charge in [-0.25, -0.2) is 4.79 Å². The molecule has 6 atom stereocenters. The molecule has 0 spiro atoms. The molecule has 3 aromatic carbocycles. The first-order valence-electron chi connectivity index (χ1n) is 25.3. The summed E-state index contributed by atoms with van der Waals surface area (Å²) in [6, 6.07) is 28.2. The van der Waals surface area contributed by atoms with Crippen LogP contribution in [-0.2, 0) is 62.6 Å². The zero-order valence-electron chi connectivity index (χ0n) is 40.7. The molecule has 0 saturated carbocycles. The van der Waals surface area contributed by atoms with Gasteiger partial charge in [0, 0.05) is 20.8 Å². The highest BCUT2D eigenvalue weighted by Crippen LogP contribution is 2.33. The Kier molecular flexibility index (Phi) is 27.3. The summed E-state index contributed by atoms with van der Waals surface area (Å²) in [4.78, 5) is 39.0. The smallest absolute Gasteiger partial charge is 0.407 e. The zero-order valence-corrected chi connectivity index (χ0v) is 40.6. The topological polar surface area (TPSA) is 148 Å². The number of hydrogen-bond donors (Lipinski definition) is 2. The molecule has 1 fully saturated rings. The molecule has 3 aromatic rings. The number of alkyl carbamates (subject to hydrolysis) is 1. The predicted octanol–water partition coefficient (Wildman–Crippen LogP) is 11.1. The number of ether oxygens (including phenoxy) is 7. The number of aliphatic hydroxyl groups excluding tert-OH is 1. The Morgan fingerprint density at radius 3 is 1.67 bits per heavy atom. The number of esters is 2. The van der Waals surface area contributed by atoms with Crippen LogP contribution in [0.25, 0.3) is 0 Å². The SMILES string of the molecule is [2H]CC(=S)C[C@H]1OC(OCC(O)COC(=O)CCCCCCCCCCCCCCCCC)[C@H](OCc2ccccc2)[C@@H](OCc2ccccc2)[C@@H]1OC(=O)CCNC(=O)OCc1ccccc1. The number of amides is 1. The average molecular weight is 949 g/mol.